The molecule has 0 fully saturated rings. The first-order valence-corrected chi connectivity index (χ1v) is 11.0. The van der Waals surface area contributed by atoms with Crippen molar-refractivity contribution in [2.45, 2.75) is 6.54 Å². The van der Waals surface area contributed by atoms with Crippen molar-refractivity contribution in [1.29, 1.82) is 0 Å². The molecule has 2 aromatic carbocycles. The fraction of sp³-hybridized carbons (Fsp3) is 0.182. The minimum absolute atomic E-state index is 0.187. The van der Waals surface area contributed by atoms with E-state index in [1.807, 2.05) is 55.4 Å². The number of nitrogens with one attached hydrogen (secondary N) is 1. The molecule has 0 bridgehead atoms. The molecule has 0 saturated carbocycles. The number of thiophene rings is 1. The van der Waals surface area contributed by atoms with Gasteiger partial charge in [-0.1, -0.05) is 28.1 Å². The van der Waals surface area contributed by atoms with Gasteiger partial charge < -0.3 is 14.6 Å². The summed E-state index contributed by atoms with van der Waals surface area (Å²) in [5, 5.41) is 2.92. The second kappa shape index (κ2) is 8.59. The zero-order chi connectivity index (χ0) is 21.3. The third-order valence-corrected chi connectivity index (χ3v) is 6.32. The van der Waals surface area contributed by atoms with E-state index in [0.29, 0.717) is 34.8 Å². The van der Waals surface area contributed by atoms with E-state index in [1.54, 1.807) is 22.8 Å². The number of anilines is 1. The van der Waals surface area contributed by atoms with Crippen molar-refractivity contribution < 1.29 is 9.21 Å². The van der Waals surface area contributed by atoms with Crippen molar-refractivity contribution in [2.24, 2.45) is 0 Å². The first-order chi connectivity index (χ1) is 14.4. The van der Waals surface area contributed by atoms with Gasteiger partial charge in [-0.05, 0) is 62.1 Å². The molecular formula is C22H20BrN3O3S. The number of likely N-dealkylation sites (N-methyl/N-ethyl adjacent to an activating group) is 1. The van der Waals surface area contributed by atoms with E-state index >= 15 is 0 Å². The predicted molar refractivity (Wildman–Crippen MR) is 124 cm³/mol. The summed E-state index contributed by atoms with van der Waals surface area (Å²) in [5.41, 5.74) is 2.85. The summed E-state index contributed by atoms with van der Waals surface area (Å²) in [6, 6.07) is 17.0. The Bertz CT molecular complexity index is 1250. The summed E-state index contributed by atoms with van der Waals surface area (Å²) in [6.07, 6.45) is 0. The minimum atomic E-state index is -0.396. The van der Waals surface area contributed by atoms with Gasteiger partial charge in [0.1, 0.15) is 0 Å². The average Bonchev–Trinajstić information content (AvgIpc) is 3.31. The van der Waals surface area contributed by atoms with Crippen molar-refractivity contribution in [3.05, 3.63) is 74.5 Å². The fourth-order valence-electron chi connectivity index (χ4n) is 3.07. The molecule has 154 valence electrons. The second-order valence-electron chi connectivity index (χ2n) is 7.13. The molecule has 0 aliphatic heterocycles. The van der Waals surface area contributed by atoms with Gasteiger partial charge in [0.15, 0.2) is 5.58 Å². The Morgan fingerprint density at radius 3 is 2.63 bits per heavy atom. The Morgan fingerprint density at radius 2 is 1.90 bits per heavy atom. The van der Waals surface area contributed by atoms with Gasteiger partial charge >= 0.3 is 5.76 Å². The number of benzene rings is 2. The van der Waals surface area contributed by atoms with Crippen LogP contribution in [-0.2, 0) is 6.54 Å². The van der Waals surface area contributed by atoms with Crippen LogP contribution in [-0.4, -0.2) is 36.0 Å². The molecule has 0 atom stereocenters. The maximum atomic E-state index is 12.7. The van der Waals surface area contributed by atoms with E-state index in [2.05, 4.69) is 21.2 Å². The largest absolute Gasteiger partial charge is 0.419 e. The molecule has 0 aliphatic rings. The number of halogens is 1. The monoisotopic (exact) mass is 485 g/mol. The van der Waals surface area contributed by atoms with Crippen LogP contribution < -0.4 is 11.1 Å². The van der Waals surface area contributed by atoms with Gasteiger partial charge in [-0.15, -0.1) is 11.3 Å². The number of hydrogen-bond acceptors (Lipinski definition) is 5. The number of rotatable bonds is 6. The van der Waals surface area contributed by atoms with Gasteiger partial charge in [-0.2, -0.15) is 0 Å². The van der Waals surface area contributed by atoms with Crippen molar-refractivity contribution in [3.8, 4) is 10.4 Å². The maximum absolute atomic E-state index is 12.7. The van der Waals surface area contributed by atoms with E-state index in [4.69, 9.17) is 4.42 Å². The maximum Gasteiger partial charge on any atom is 0.419 e. The van der Waals surface area contributed by atoms with Crippen LogP contribution in [0.1, 0.15) is 9.67 Å². The number of hydrogen-bond donors (Lipinski definition) is 1. The van der Waals surface area contributed by atoms with Crippen molar-refractivity contribution in [1.82, 2.24) is 9.47 Å². The Labute approximate surface area is 185 Å². The SMILES string of the molecule is CN(C)CCn1c(=O)oc2ccc(NC(=O)c3ccc(-c4ccc(Br)cc4)s3)cc21. The molecule has 0 aliphatic carbocycles. The van der Waals surface area contributed by atoms with Gasteiger partial charge in [0.25, 0.3) is 5.91 Å². The molecule has 8 heteroatoms. The van der Waals surface area contributed by atoms with E-state index in [-0.39, 0.29) is 5.91 Å². The summed E-state index contributed by atoms with van der Waals surface area (Å²) in [5.74, 6) is -0.582. The van der Waals surface area contributed by atoms with Gasteiger partial charge in [-0.3, -0.25) is 9.36 Å². The van der Waals surface area contributed by atoms with E-state index in [1.165, 1.54) is 11.3 Å². The van der Waals surface area contributed by atoms with Gasteiger partial charge in [-0.25, -0.2) is 4.79 Å². The van der Waals surface area contributed by atoms with Crippen molar-refractivity contribution in [3.63, 3.8) is 0 Å². The van der Waals surface area contributed by atoms with Gasteiger partial charge in [0, 0.05) is 28.1 Å². The summed E-state index contributed by atoms with van der Waals surface area (Å²) < 4.78 is 7.91. The quantitative estimate of drug-likeness (QED) is 0.421. The van der Waals surface area contributed by atoms with Crippen molar-refractivity contribution in [2.75, 3.05) is 26.0 Å². The molecule has 0 saturated heterocycles. The highest BCUT2D eigenvalue weighted by Crippen LogP contribution is 2.30. The average molecular weight is 486 g/mol. The smallest absolute Gasteiger partial charge is 0.408 e. The van der Waals surface area contributed by atoms with E-state index in [0.717, 1.165) is 14.9 Å². The normalized spacial score (nSPS) is 11.3. The van der Waals surface area contributed by atoms with Gasteiger partial charge in [0.2, 0.25) is 0 Å². The number of oxazole rings is 1. The molecule has 0 spiro atoms. The number of carbonyl (C=O) groups is 1. The first kappa shape index (κ1) is 20.6. The Morgan fingerprint density at radius 1 is 1.13 bits per heavy atom. The lowest BCUT2D eigenvalue weighted by Gasteiger charge is -2.09. The molecule has 0 radical (unpaired) electrons. The molecule has 2 heterocycles. The standard InChI is InChI=1S/C22H20BrN3O3S/c1-25(2)11-12-26-17-13-16(7-8-18(17)29-22(26)28)24-21(27)20-10-9-19(30-20)14-3-5-15(23)6-4-14/h3-10,13H,11-12H2,1-2H3,(H,24,27). The van der Waals surface area contributed by atoms with Crippen LogP contribution in [0.15, 0.2) is 68.3 Å². The Kier molecular flexibility index (Phi) is 5.90. The third-order valence-electron chi connectivity index (χ3n) is 4.65. The lowest BCUT2D eigenvalue weighted by Crippen LogP contribution is -2.23. The molecule has 1 amide bonds. The summed E-state index contributed by atoms with van der Waals surface area (Å²) in [6.45, 7) is 1.22. The summed E-state index contributed by atoms with van der Waals surface area (Å²) >= 11 is 4.87. The topological polar surface area (TPSA) is 67.5 Å². The Hall–Kier alpha value is -2.68. The van der Waals surface area contributed by atoms with Crippen LogP contribution in [0.3, 0.4) is 0 Å². The van der Waals surface area contributed by atoms with Crippen LogP contribution in [0.25, 0.3) is 21.5 Å². The molecule has 4 aromatic rings. The third kappa shape index (κ3) is 4.40. The number of nitrogens with zero attached hydrogens (tertiary/aromatic N) is 2. The number of carbonyl (C=O) groups excluding carboxylic acids is 1. The molecule has 1 N–H and O–H groups in total. The molecule has 2 aromatic heterocycles. The van der Waals surface area contributed by atoms with E-state index < -0.39 is 5.76 Å². The van der Waals surface area contributed by atoms with Gasteiger partial charge in [0.05, 0.1) is 10.4 Å². The van der Waals surface area contributed by atoms with Crippen LogP contribution in [0.2, 0.25) is 0 Å². The summed E-state index contributed by atoms with van der Waals surface area (Å²) in [4.78, 5) is 28.5. The predicted octanol–water partition coefficient (Wildman–Crippen LogP) is 4.90. The highest BCUT2D eigenvalue weighted by Gasteiger charge is 2.14. The number of fused-ring (bicyclic) bond motifs is 1. The van der Waals surface area contributed by atoms with Crippen LogP contribution in [0, 0.1) is 0 Å². The highest BCUT2D eigenvalue weighted by atomic mass is 79.9. The zero-order valence-corrected chi connectivity index (χ0v) is 18.9. The number of aromatic nitrogens is 1. The minimum Gasteiger partial charge on any atom is -0.408 e. The lowest BCUT2D eigenvalue weighted by atomic mass is 10.2. The van der Waals surface area contributed by atoms with Crippen LogP contribution >= 0.6 is 27.3 Å². The zero-order valence-electron chi connectivity index (χ0n) is 16.5. The molecule has 4 rings (SSSR count). The second-order valence-corrected chi connectivity index (χ2v) is 9.13. The first-order valence-electron chi connectivity index (χ1n) is 9.36. The van der Waals surface area contributed by atoms with Crippen LogP contribution in [0.4, 0.5) is 5.69 Å². The highest BCUT2D eigenvalue weighted by molar-refractivity contribution is 9.10. The lowest BCUT2D eigenvalue weighted by molar-refractivity contribution is 0.103. The molecule has 0 unspecified atom stereocenters. The fourth-order valence-corrected chi connectivity index (χ4v) is 4.24. The molecule has 6 nitrogen and oxygen atoms in total. The molecule has 30 heavy (non-hydrogen) atoms. The van der Waals surface area contributed by atoms with Crippen molar-refractivity contribution >= 4 is 50.0 Å². The van der Waals surface area contributed by atoms with E-state index in [9.17, 15) is 9.59 Å². The summed E-state index contributed by atoms with van der Waals surface area (Å²) in [7, 11) is 3.89. The Balaban J connectivity index is 1.55. The molecular weight excluding hydrogens is 466 g/mol. The number of amides is 1. The van der Waals surface area contributed by atoms with Crippen LogP contribution in [0.5, 0.6) is 0 Å².